The summed E-state index contributed by atoms with van der Waals surface area (Å²) in [7, 11) is 0. The number of rotatable bonds is 5. The molecule has 0 unspecified atom stereocenters. The van der Waals surface area contributed by atoms with Gasteiger partial charge < -0.3 is 5.32 Å². The van der Waals surface area contributed by atoms with Crippen LogP contribution in [0, 0.1) is 0 Å². The number of nitrogens with zero attached hydrogens (tertiary/aromatic N) is 2. The highest BCUT2D eigenvalue weighted by molar-refractivity contribution is 6.44. The zero-order valence-electron chi connectivity index (χ0n) is 11.4. The van der Waals surface area contributed by atoms with Crippen LogP contribution in [-0.2, 0) is 19.5 Å². The minimum Gasteiger partial charge on any atom is -0.378 e. The lowest BCUT2D eigenvalue weighted by Crippen LogP contribution is -2.08. The quantitative estimate of drug-likeness (QED) is 0.778. The summed E-state index contributed by atoms with van der Waals surface area (Å²) in [5, 5.41) is 9.27. The Kier molecular flexibility index (Phi) is 5.19. The molecule has 0 saturated carbocycles. The summed E-state index contributed by atoms with van der Waals surface area (Å²) in [6.45, 7) is 5.64. The van der Waals surface area contributed by atoms with Crippen molar-refractivity contribution in [1.82, 2.24) is 9.78 Å². The molecule has 1 aromatic carbocycles. The number of aromatic nitrogens is 2. The topological polar surface area (TPSA) is 29.9 Å². The molecule has 1 N–H and O–H groups in total. The van der Waals surface area contributed by atoms with Crippen molar-refractivity contribution < 1.29 is 0 Å². The van der Waals surface area contributed by atoms with Crippen LogP contribution in [-0.4, -0.2) is 9.78 Å². The van der Waals surface area contributed by atoms with Crippen LogP contribution in [0.2, 0.25) is 15.1 Å². The van der Waals surface area contributed by atoms with E-state index in [2.05, 4.69) is 30.3 Å². The van der Waals surface area contributed by atoms with Gasteiger partial charge in [-0.15, -0.1) is 0 Å². The molecular weight excluding hydrogens is 317 g/mol. The van der Waals surface area contributed by atoms with Crippen molar-refractivity contribution in [2.24, 2.45) is 0 Å². The summed E-state index contributed by atoms with van der Waals surface area (Å²) >= 11 is 18.1. The van der Waals surface area contributed by atoms with Crippen LogP contribution in [0.25, 0.3) is 0 Å². The van der Waals surface area contributed by atoms with E-state index >= 15 is 0 Å². The lowest BCUT2D eigenvalue weighted by Gasteiger charge is -2.10. The van der Waals surface area contributed by atoms with Gasteiger partial charge >= 0.3 is 0 Å². The van der Waals surface area contributed by atoms with Crippen LogP contribution >= 0.6 is 34.8 Å². The largest absolute Gasteiger partial charge is 0.378 e. The molecule has 0 fully saturated rings. The van der Waals surface area contributed by atoms with Crippen molar-refractivity contribution in [2.75, 3.05) is 5.32 Å². The third kappa shape index (κ3) is 3.40. The fraction of sp³-hybridized carbons (Fsp3) is 0.357. The highest BCUT2D eigenvalue weighted by Crippen LogP contribution is 2.32. The number of halogens is 3. The van der Waals surface area contributed by atoms with Crippen molar-refractivity contribution in [3.63, 3.8) is 0 Å². The molecule has 0 spiro atoms. The van der Waals surface area contributed by atoms with Gasteiger partial charge in [0.15, 0.2) is 0 Å². The van der Waals surface area contributed by atoms with Gasteiger partial charge in [-0.2, -0.15) is 5.10 Å². The van der Waals surface area contributed by atoms with Crippen LogP contribution in [0.3, 0.4) is 0 Å². The number of nitrogens with one attached hydrogen (secondary N) is 1. The maximum atomic E-state index is 6.15. The van der Waals surface area contributed by atoms with E-state index in [1.165, 1.54) is 0 Å². The maximum Gasteiger partial charge on any atom is 0.0653 e. The first-order chi connectivity index (χ1) is 9.55. The zero-order chi connectivity index (χ0) is 14.7. The predicted molar refractivity (Wildman–Crippen MR) is 86.1 cm³/mol. The van der Waals surface area contributed by atoms with Gasteiger partial charge in [0.25, 0.3) is 0 Å². The standard InChI is InChI=1S/C14H16Cl3N3/c1-3-9-5-10(20(4-2)19-9)8-18-14-7-12(16)11(15)6-13(14)17/h5-7,18H,3-4,8H2,1-2H3. The van der Waals surface area contributed by atoms with Crippen LogP contribution in [0.5, 0.6) is 0 Å². The lowest BCUT2D eigenvalue weighted by atomic mass is 10.3. The van der Waals surface area contributed by atoms with E-state index in [-0.39, 0.29) is 0 Å². The van der Waals surface area contributed by atoms with E-state index in [1.807, 2.05) is 4.68 Å². The molecule has 108 valence electrons. The molecule has 0 aliphatic heterocycles. The Morgan fingerprint density at radius 3 is 2.40 bits per heavy atom. The number of hydrogen-bond donors (Lipinski definition) is 1. The molecule has 0 amide bonds. The van der Waals surface area contributed by atoms with Gasteiger partial charge in [0, 0.05) is 6.54 Å². The minimum absolute atomic E-state index is 0.453. The molecule has 2 aromatic rings. The van der Waals surface area contributed by atoms with Gasteiger partial charge in [0.2, 0.25) is 0 Å². The molecular formula is C14H16Cl3N3. The maximum absolute atomic E-state index is 6.15. The van der Waals surface area contributed by atoms with E-state index < -0.39 is 0 Å². The summed E-state index contributed by atoms with van der Waals surface area (Å²) < 4.78 is 1.98. The first-order valence-corrected chi connectivity index (χ1v) is 7.62. The monoisotopic (exact) mass is 331 g/mol. The molecule has 0 bridgehead atoms. The highest BCUT2D eigenvalue weighted by Gasteiger charge is 2.09. The van der Waals surface area contributed by atoms with Crippen molar-refractivity contribution in [3.05, 3.63) is 44.7 Å². The highest BCUT2D eigenvalue weighted by atomic mass is 35.5. The zero-order valence-corrected chi connectivity index (χ0v) is 13.6. The Bertz CT molecular complexity index is 608. The molecule has 6 heteroatoms. The van der Waals surface area contributed by atoms with Crippen LogP contribution in [0.1, 0.15) is 25.2 Å². The van der Waals surface area contributed by atoms with E-state index in [0.29, 0.717) is 21.6 Å². The SMILES string of the molecule is CCc1cc(CNc2cc(Cl)c(Cl)cc2Cl)n(CC)n1. The summed E-state index contributed by atoms with van der Waals surface area (Å²) in [4.78, 5) is 0. The fourth-order valence-corrected chi connectivity index (χ4v) is 2.56. The molecule has 0 aliphatic carbocycles. The third-order valence-corrected chi connectivity index (χ3v) is 4.08. The van der Waals surface area contributed by atoms with E-state index in [4.69, 9.17) is 34.8 Å². The van der Waals surface area contributed by atoms with Gasteiger partial charge in [0.05, 0.1) is 38.7 Å². The Hall–Kier alpha value is -0.900. The molecule has 1 aromatic heterocycles. The minimum atomic E-state index is 0.453. The van der Waals surface area contributed by atoms with Crippen molar-refractivity contribution >= 4 is 40.5 Å². The molecule has 0 atom stereocenters. The molecule has 20 heavy (non-hydrogen) atoms. The van der Waals surface area contributed by atoms with Gasteiger partial charge in [0.1, 0.15) is 0 Å². The average Bonchev–Trinajstić information content (AvgIpc) is 2.84. The van der Waals surface area contributed by atoms with Crippen molar-refractivity contribution in [1.29, 1.82) is 0 Å². The number of anilines is 1. The number of aryl methyl sites for hydroxylation is 2. The summed E-state index contributed by atoms with van der Waals surface area (Å²) in [6, 6.07) is 5.48. The lowest BCUT2D eigenvalue weighted by molar-refractivity contribution is 0.619. The number of benzene rings is 1. The average molecular weight is 333 g/mol. The summed E-state index contributed by atoms with van der Waals surface area (Å²) in [5.74, 6) is 0. The van der Waals surface area contributed by atoms with Crippen LogP contribution in [0.4, 0.5) is 5.69 Å². The van der Waals surface area contributed by atoms with Crippen molar-refractivity contribution in [2.45, 2.75) is 33.4 Å². The second-order valence-electron chi connectivity index (χ2n) is 4.40. The number of hydrogen-bond acceptors (Lipinski definition) is 2. The van der Waals surface area contributed by atoms with E-state index in [9.17, 15) is 0 Å². The normalized spacial score (nSPS) is 10.8. The molecule has 0 saturated heterocycles. The van der Waals surface area contributed by atoms with E-state index in [1.54, 1.807) is 12.1 Å². The molecule has 1 heterocycles. The Balaban J connectivity index is 2.16. The Labute approximate surface area is 133 Å². The first kappa shape index (κ1) is 15.5. The van der Waals surface area contributed by atoms with Gasteiger partial charge in [-0.25, -0.2) is 0 Å². The molecule has 2 rings (SSSR count). The third-order valence-electron chi connectivity index (χ3n) is 3.05. The Morgan fingerprint density at radius 1 is 1.05 bits per heavy atom. The smallest absolute Gasteiger partial charge is 0.0653 e. The molecule has 0 aliphatic rings. The first-order valence-electron chi connectivity index (χ1n) is 6.49. The summed E-state index contributed by atoms with van der Waals surface area (Å²) in [6.07, 6.45) is 0.924. The van der Waals surface area contributed by atoms with Gasteiger partial charge in [-0.3, -0.25) is 4.68 Å². The van der Waals surface area contributed by atoms with E-state index in [0.717, 1.165) is 30.0 Å². The van der Waals surface area contributed by atoms with Gasteiger partial charge in [-0.05, 0) is 31.5 Å². The van der Waals surface area contributed by atoms with Crippen LogP contribution in [0.15, 0.2) is 18.2 Å². The van der Waals surface area contributed by atoms with Gasteiger partial charge in [-0.1, -0.05) is 41.7 Å². The molecule has 0 radical (unpaired) electrons. The second kappa shape index (κ2) is 6.70. The summed E-state index contributed by atoms with van der Waals surface area (Å²) in [5.41, 5.74) is 2.97. The van der Waals surface area contributed by atoms with Crippen LogP contribution < -0.4 is 5.32 Å². The predicted octanol–water partition coefficient (Wildman–Crippen LogP) is 5.04. The van der Waals surface area contributed by atoms with Crippen molar-refractivity contribution in [3.8, 4) is 0 Å². The Morgan fingerprint density at radius 2 is 1.75 bits per heavy atom. The fourth-order valence-electron chi connectivity index (χ4n) is 1.95. The molecule has 3 nitrogen and oxygen atoms in total. The second-order valence-corrected chi connectivity index (χ2v) is 5.62.